The van der Waals surface area contributed by atoms with Gasteiger partial charge >= 0.3 is 0 Å². The smallest absolute Gasteiger partial charge is 0.0470 e. The Kier molecular flexibility index (Phi) is 4.41. The molecule has 2 heteroatoms. The lowest BCUT2D eigenvalue weighted by Gasteiger charge is -2.27. The van der Waals surface area contributed by atoms with Gasteiger partial charge in [0.2, 0.25) is 0 Å². The Hall–Kier alpha value is -0.860. The molecule has 1 saturated heterocycles. The number of hydrogen-bond acceptors (Lipinski definition) is 2. The van der Waals surface area contributed by atoms with Gasteiger partial charge in [0.1, 0.15) is 0 Å². The molecule has 1 heterocycles. The normalized spacial score (nSPS) is 22.6. The third-order valence-corrected chi connectivity index (χ3v) is 4.33. The maximum Gasteiger partial charge on any atom is 0.0470 e. The summed E-state index contributed by atoms with van der Waals surface area (Å²) in [6.07, 6.45) is 1.32. The molecule has 2 rings (SSSR count). The lowest BCUT2D eigenvalue weighted by molar-refractivity contribution is 0.232. The van der Waals surface area contributed by atoms with Crippen molar-refractivity contribution >= 4 is 0 Å². The van der Waals surface area contributed by atoms with E-state index in [4.69, 9.17) is 5.73 Å². The fraction of sp³-hybridized carbons (Fsp3) is 0.625. The second-order valence-corrected chi connectivity index (χ2v) is 5.95. The van der Waals surface area contributed by atoms with Gasteiger partial charge in [-0.2, -0.15) is 0 Å². The molecule has 1 fully saturated rings. The van der Waals surface area contributed by atoms with E-state index in [1.807, 2.05) is 0 Å². The van der Waals surface area contributed by atoms with Gasteiger partial charge in [0.15, 0.2) is 0 Å². The average Bonchev–Trinajstić information content (AvgIpc) is 2.82. The quantitative estimate of drug-likeness (QED) is 0.885. The van der Waals surface area contributed by atoms with E-state index in [-0.39, 0.29) is 0 Å². The minimum absolute atomic E-state index is 0.398. The molecule has 2 nitrogen and oxygen atoms in total. The molecule has 1 aliphatic rings. The van der Waals surface area contributed by atoms with Crippen LogP contribution >= 0.6 is 0 Å². The van der Waals surface area contributed by atoms with E-state index < -0.39 is 0 Å². The van der Waals surface area contributed by atoms with Crippen LogP contribution in [-0.2, 0) is 0 Å². The Labute approximate surface area is 111 Å². The molecule has 0 saturated carbocycles. The largest absolute Gasteiger partial charge is 0.329 e. The van der Waals surface area contributed by atoms with Crippen molar-refractivity contribution < 1.29 is 0 Å². The van der Waals surface area contributed by atoms with Gasteiger partial charge in [-0.3, -0.25) is 4.90 Å². The van der Waals surface area contributed by atoms with Crippen molar-refractivity contribution in [1.29, 1.82) is 0 Å². The zero-order chi connectivity index (χ0) is 13.1. The van der Waals surface area contributed by atoms with Gasteiger partial charge in [0.25, 0.3) is 0 Å². The summed E-state index contributed by atoms with van der Waals surface area (Å²) in [7, 11) is 0. The Balaban J connectivity index is 2.08. The van der Waals surface area contributed by atoms with Gasteiger partial charge in [-0.1, -0.05) is 43.7 Å². The highest BCUT2D eigenvalue weighted by atomic mass is 15.2. The molecular weight excluding hydrogens is 220 g/mol. The van der Waals surface area contributed by atoms with Crippen molar-refractivity contribution in [3.63, 3.8) is 0 Å². The average molecular weight is 246 g/mol. The molecule has 18 heavy (non-hydrogen) atoms. The molecule has 2 N–H and O–H groups in total. The highest BCUT2D eigenvalue weighted by molar-refractivity contribution is 5.24. The molecule has 0 radical (unpaired) electrons. The molecule has 0 amide bonds. The van der Waals surface area contributed by atoms with Crippen LogP contribution in [0, 0.1) is 18.8 Å². The van der Waals surface area contributed by atoms with Crippen molar-refractivity contribution in [2.75, 3.05) is 19.6 Å². The van der Waals surface area contributed by atoms with Crippen LogP contribution in [0.15, 0.2) is 24.3 Å². The lowest BCUT2D eigenvalue weighted by Crippen LogP contribution is -2.32. The van der Waals surface area contributed by atoms with Gasteiger partial charge in [-0.15, -0.1) is 0 Å². The molecule has 1 aromatic carbocycles. The van der Waals surface area contributed by atoms with E-state index >= 15 is 0 Å². The van der Waals surface area contributed by atoms with Gasteiger partial charge in [-0.25, -0.2) is 0 Å². The van der Waals surface area contributed by atoms with E-state index in [0.717, 1.165) is 11.8 Å². The molecule has 0 aromatic heterocycles. The second-order valence-electron chi connectivity index (χ2n) is 5.95. The first-order valence-electron chi connectivity index (χ1n) is 7.12. The minimum atomic E-state index is 0.398. The first kappa shape index (κ1) is 13.6. The van der Waals surface area contributed by atoms with Crippen molar-refractivity contribution in [3.8, 4) is 0 Å². The summed E-state index contributed by atoms with van der Waals surface area (Å²) >= 11 is 0. The summed E-state index contributed by atoms with van der Waals surface area (Å²) in [6.45, 7) is 9.90. The van der Waals surface area contributed by atoms with E-state index in [0.29, 0.717) is 12.6 Å². The number of aryl methyl sites for hydroxylation is 1. The molecule has 1 aromatic rings. The molecule has 2 atom stereocenters. The summed E-state index contributed by atoms with van der Waals surface area (Å²) in [4.78, 5) is 2.56. The third kappa shape index (κ3) is 2.93. The predicted molar refractivity (Wildman–Crippen MR) is 77.5 cm³/mol. The summed E-state index contributed by atoms with van der Waals surface area (Å²) < 4.78 is 0. The van der Waals surface area contributed by atoms with E-state index in [1.165, 1.54) is 30.6 Å². The lowest BCUT2D eigenvalue weighted by atomic mass is 9.95. The molecule has 1 aliphatic heterocycles. The minimum Gasteiger partial charge on any atom is -0.329 e. The molecule has 0 aliphatic carbocycles. The number of nitrogens with zero attached hydrogens (tertiary/aromatic N) is 1. The van der Waals surface area contributed by atoms with Crippen LogP contribution in [0.3, 0.4) is 0 Å². The standard InChI is InChI=1S/C16H26N2/c1-12(2)15-8-9-18(11-15)16(10-17)14-6-4-13(3)5-7-14/h4-7,12,15-16H,8-11,17H2,1-3H3. The number of nitrogens with two attached hydrogens (primary N) is 1. The SMILES string of the molecule is Cc1ccc(C(CN)N2CCC(C(C)C)C2)cc1. The highest BCUT2D eigenvalue weighted by Crippen LogP contribution is 2.30. The van der Waals surface area contributed by atoms with Gasteiger partial charge < -0.3 is 5.73 Å². The highest BCUT2D eigenvalue weighted by Gasteiger charge is 2.29. The third-order valence-electron chi connectivity index (χ3n) is 4.33. The first-order valence-corrected chi connectivity index (χ1v) is 7.12. The maximum atomic E-state index is 6.00. The van der Waals surface area contributed by atoms with Crippen LogP contribution in [-0.4, -0.2) is 24.5 Å². The summed E-state index contributed by atoms with van der Waals surface area (Å²) in [6, 6.07) is 9.24. The van der Waals surface area contributed by atoms with E-state index in [9.17, 15) is 0 Å². The van der Waals surface area contributed by atoms with Crippen molar-refractivity contribution in [1.82, 2.24) is 4.90 Å². The zero-order valence-electron chi connectivity index (χ0n) is 11.9. The van der Waals surface area contributed by atoms with Crippen LogP contribution in [0.4, 0.5) is 0 Å². The number of benzene rings is 1. The Morgan fingerprint density at radius 3 is 2.44 bits per heavy atom. The second kappa shape index (κ2) is 5.85. The molecule has 100 valence electrons. The Morgan fingerprint density at radius 2 is 1.94 bits per heavy atom. The molecule has 2 unspecified atom stereocenters. The number of rotatable bonds is 4. The Bertz CT molecular complexity index is 369. The van der Waals surface area contributed by atoms with Gasteiger partial charge in [0.05, 0.1) is 0 Å². The van der Waals surface area contributed by atoms with Gasteiger partial charge in [0, 0.05) is 19.1 Å². The fourth-order valence-corrected chi connectivity index (χ4v) is 2.93. The topological polar surface area (TPSA) is 29.3 Å². The van der Waals surface area contributed by atoms with Crippen LogP contribution in [0.2, 0.25) is 0 Å². The van der Waals surface area contributed by atoms with Crippen LogP contribution in [0.5, 0.6) is 0 Å². The van der Waals surface area contributed by atoms with Crippen LogP contribution < -0.4 is 5.73 Å². The summed E-state index contributed by atoms with van der Waals surface area (Å²) in [5, 5.41) is 0. The zero-order valence-corrected chi connectivity index (χ0v) is 11.9. The molecule has 0 bridgehead atoms. The van der Waals surface area contributed by atoms with Crippen LogP contribution in [0.1, 0.15) is 37.4 Å². The van der Waals surface area contributed by atoms with E-state index in [2.05, 4.69) is 49.9 Å². The summed E-state index contributed by atoms with van der Waals surface area (Å²) in [5.41, 5.74) is 8.69. The number of likely N-dealkylation sites (tertiary alicyclic amines) is 1. The molecular formula is C16H26N2. The molecule has 0 spiro atoms. The fourth-order valence-electron chi connectivity index (χ4n) is 2.93. The van der Waals surface area contributed by atoms with Gasteiger partial charge in [-0.05, 0) is 37.3 Å². The number of hydrogen-bond donors (Lipinski definition) is 1. The first-order chi connectivity index (χ1) is 8.61. The monoisotopic (exact) mass is 246 g/mol. The maximum absolute atomic E-state index is 6.00. The van der Waals surface area contributed by atoms with Crippen LogP contribution in [0.25, 0.3) is 0 Å². The van der Waals surface area contributed by atoms with Crippen molar-refractivity contribution in [2.45, 2.75) is 33.2 Å². The van der Waals surface area contributed by atoms with E-state index in [1.54, 1.807) is 0 Å². The summed E-state index contributed by atoms with van der Waals surface area (Å²) in [5.74, 6) is 1.62. The Morgan fingerprint density at radius 1 is 1.28 bits per heavy atom. The van der Waals surface area contributed by atoms with Crippen molar-refractivity contribution in [3.05, 3.63) is 35.4 Å². The predicted octanol–water partition coefficient (Wildman–Crippen LogP) is 2.97. The van der Waals surface area contributed by atoms with Crippen molar-refractivity contribution in [2.24, 2.45) is 17.6 Å².